The van der Waals surface area contributed by atoms with Crippen LogP contribution in [0.2, 0.25) is 5.02 Å². The monoisotopic (exact) mass is 434 g/mol. The summed E-state index contributed by atoms with van der Waals surface area (Å²) in [5.41, 5.74) is 1.91. The number of piperidine rings is 2. The van der Waals surface area contributed by atoms with E-state index in [-0.39, 0.29) is 18.0 Å². The molecule has 3 atom stereocenters. The highest BCUT2D eigenvalue weighted by molar-refractivity contribution is 6.30. The van der Waals surface area contributed by atoms with E-state index < -0.39 is 0 Å². The van der Waals surface area contributed by atoms with Crippen LogP contribution >= 0.6 is 11.6 Å². The SMILES string of the molecule is Cc1ccc(C(=O)N2C[C@@H]3CC[C@H]2[C@H](Nc2ccc(Cl)cn2)C3)c(-c2ncccn2)n1. The van der Waals surface area contributed by atoms with Gasteiger partial charge in [0.05, 0.1) is 16.6 Å². The van der Waals surface area contributed by atoms with E-state index >= 15 is 0 Å². The molecule has 1 N–H and O–H groups in total. The Morgan fingerprint density at radius 3 is 2.71 bits per heavy atom. The van der Waals surface area contributed by atoms with Gasteiger partial charge in [0.15, 0.2) is 5.82 Å². The average molecular weight is 435 g/mol. The van der Waals surface area contributed by atoms with Gasteiger partial charge in [0.2, 0.25) is 0 Å². The van der Waals surface area contributed by atoms with E-state index in [1.165, 1.54) is 0 Å². The normalized spacial score (nSPS) is 22.4. The fourth-order valence-electron chi connectivity index (χ4n) is 4.71. The Hall–Kier alpha value is -3.06. The number of halogens is 1. The van der Waals surface area contributed by atoms with Crippen molar-refractivity contribution in [2.75, 3.05) is 11.9 Å². The lowest BCUT2D eigenvalue weighted by molar-refractivity contribution is 0.0282. The van der Waals surface area contributed by atoms with Gasteiger partial charge in [-0.1, -0.05) is 11.6 Å². The van der Waals surface area contributed by atoms with E-state index in [9.17, 15) is 4.79 Å². The molecule has 3 aliphatic rings. The molecule has 0 aromatic carbocycles. The number of nitrogens with zero attached hydrogens (tertiary/aromatic N) is 5. The highest BCUT2D eigenvalue weighted by atomic mass is 35.5. The van der Waals surface area contributed by atoms with Gasteiger partial charge in [-0.25, -0.2) is 19.9 Å². The molecule has 3 aromatic heterocycles. The van der Waals surface area contributed by atoms with Gasteiger partial charge < -0.3 is 10.2 Å². The molecule has 0 unspecified atom stereocenters. The predicted octanol–water partition coefficient (Wildman–Crippen LogP) is 4.00. The molecular formula is C23H23ClN6O. The van der Waals surface area contributed by atoms with Crippen LogP contribution in [0.5, 0.6) is 0 Å². The first kappa shape index (κ1) is 19.9. The molecule has 3 aromatic rings. The Morgan fingerprint density at radius 1 is 1.13 bits per heavy atom. The Labute approximate surface area is 185 Å². The van der Waals surface area contributed by atoms with Gasteiger partial charge in [-0.3, -0.25) is 4.79 Å². The van der Waals surface area contributed by atoms with Crippen LogP contribution in [0.4, 0.5) is 5.82 Å². The number of hydrogen-bond donors (Lipinski definition) is 1. The second-order valence-corrected chi connectivity index (χ2v) is 8.67. The first-order valence-electron chi connectivity index (χ1n) is 10.5. The van der Waals surface area contributed by atoms with Gasteiger partial charge >= 0.3 is 0 Å². The second kappa shape index (κ2) is 8.23. The van der Waals surface area contributed by atoms with Gasteiger partial charge in [0, 0.05) is 36.9 Å². The summed E-state index contributed by atoms with van der Waals surface area (Å²) in [5, 5.41) is 4.13. The summed E-state index contributed by atoms with van der Waals surface area (Å²) in [4.78, 5) is 33.3. The number of anilines is 1. The zero-order chi connectivity index (χ0) is 21.4. The number of fused-ring (bicyclic) bond motifs is 3. The fraction of sp³-hybridized carbons (Fsp3) is 0.348. The van der Waals surface area contributed by atoms with Crippen molar-refractivity contribution in [1.82, 2.24) is 24.8 Å². The Bertz CT molecular complexity index is 1090. The number of carbonyl (C=O) groups is 1. The quantitative estimate of drug-likeness (QED) is 0.668. The van der Waals surface area contributed by atoms with Gasteiger partial charge in [0.25, 0.3) is 5.91 Å². The van der Waals surface area contributed by atoms with Crippen molar-refractivity contribution in [3.05, 3.63) is 65.2 Å². The minimum absolute atomic E-state index is 0.0137. The molecule has 6 rings (SSSR count). The highest BCUT2D eigenvalue weighted by Crippen LogP contribution is 2.38. The van der Waals surface area contributed by atoms with E-state index in [1.807, 2.05) is 36.1 Å². The zero-order valence-corrected chi connectivity index (χ0v) is 18.0. The van der Waals surface area contributed by atoms with Crippen molar-refractivity contribution in [3.63, 3.8) is 0 Å². The molecule has 8 heteroatoms. The van der Waals surface area contributed by atoms with Crippen LogP contribution in [0.15, 0.2) is 48.9 Å². The minimum Gasteiger partial charge on any atom is -0.365 e. The highest BCUT2D eigenvalue weighted by Gasteiger charge is 2.43. The number of aryl methyl sites for hydroxylation is 1. The smallest absolute Gasteiger partial charge is 0.256 e. The number of pyridine rings is 2. The third-order valence-electron chi connectivity index (χ3n) is 6.14. The van der Waals surface area contributed by atoms with Crippen molar-refractivity contribution in [1.29, 1.82) is 0 Å². The molecule has 2 bridgehead atoms. The maximum absolute atomic E-state index is 13.7. The van der Waals surface area contributed by atoms with Gasteiger partial charge in [-0.15, -0.1) is 0 Å². The van der Waals surface area contributed by atoms with Crippen LogP contribution in [0.3, 0.4) is 0 Å². The molecule has 5 heterocycles. The largest absolute Gasteiger partial charge is 0.365 e. The topological polar surface area (TPSA) is 83.9 Å². The molecule has 1 amide bonds. The lowest BCUT2D eigenvalue weighted by atomic mass is 9.76. The van der Waals surface area contributed by atoms with Gasteiger partial charge in [0.1, 0.15) is 11.5 Å². The maximum Gasteiger partial charge on any atom is 0.256 e. The summed E-state index contributed by atoms with van der Waals surface area (Å²) < 4.78 is 0. The number of rotatable bonds is 4. The van der Waals surface area contributed by atoms with Crippen molar-refractivity contribution in [3.8, 4) is 11.5 Å². The summed E-state index contributed by atoms with van der Waals surface area (Å²) >= 11 is 5.97. The third kappa shape index (κ3) is 3.97. The van der Waals surface area contributed by atoms with Crippen LogP contribution in [0.25, 0.3) is 11.5 Å². The van der Waals surface area contributed by atoms with Crippen molar-refractivity contribution in [2.24, 2.45) is 5.92 Å². The van der Waals surface area contributed by atoms with Gasteiger partial charge in [-0.05, 0) is 62.4 Å². The summed E-state index contributed by atoms with van der Waals surface area (Å²) in [7, 11) is 0. The Balaban J connectivity index is 1.44. The van der Waals surface area contributed by atoms with E-state index in [4.69, 9.17) is 11.6 Å². The van der Waals surface area contributed by atoms with Crippen LogP contribution in [0.1, 0.15) is 35.3 Å². The molecule has 158 valence electrons. The molecule has 2 saturated heterocycles. The molecule has 3 fully saturated rings. The first-order chi connectivity index (χ1) is 15.1. The van der Waals surface area contributed by atoms with E-state index in [0.717, 1.165) is 37.3 Å². The molecule has 31 heavy (non-hydrogen) atoms. The number of carbonyl (C=O) groups excluding carboxylic acids is 1. The second-order valence-electron chi connectivity index (χ2n) is 8.24. The molecule has 2 aliphatic heterocycles. The van der Waals surface area contributed by atoms with Gasteiger partial charge in [-0.2, -0.15) is 0 Å². The van der Waals surface area contributed by atoms with Crippen molar-refractivity contribution < 1.29 is 4.79 Å². The van der Waals surface area contributed by atoms with E-state index in [2.05, 4.69) is 25.3 Å². The minimum atomic E-state index is -0.0137. The van der Waals surface area contributed by atoms with Crippen LogP contribution in [0, 0.1) is 12.8 Å². The lowest BCUT2D eigenvalue weighted by Crippen LogP contribution is -2.59. The standard InChI is InChI=1S/C23H23ClN6O/c1-14-3-6-17(21(28-14)22-25-9-2-10-26-22)23(31)30-13-15-4-7-19(30)18(11-15)29-20-8-5-16(24)12-27-20/h2-3,5-6,8-10,12,15,18-19H,4,7,11,13H2,1H3,(H,27,29)/t15-,18-,19+/m1/s1. The lowest BCUT2D eigenvalue weighted by Gasteiger charge is -2.50. The van der Waals surface area contributed by atoms with Crippen molar-refractivity contribution >= 4 is 23.3 Å². The number of nitrogens with one attached hydrogen (secondary N) is 1. The molecule has 0 radical (unpaired) electrons. The molecular weight excluding hydrogens is 412 g/mol. The molecule has 0 spiro atoms. The molecule has 1 saturated carbocycles. The fourth-order valence-corrected chi connectivity index (χ4v) is 4.82. The van der Waals surface area contributed by atoms with Crippen LogP contribution in [-0.2, 0) is 0 Å². The number of amides is 1. The van der Waals surface area contributed by atoms with Crippen LogP contribution < -0.4 is 5.32 Å². The molecule has 1 aliphatic carbocycles. The first-order valence-corrected chi connectivity index (χ1v) is 10.9. The van der Waals surface area contributed by atoms with E-state index in [1.54, 1.807) is 24.7 Å². The summed E-state index contributed by atoms with van der Waals surface area (Å²) in [6.45, 7) is 2.67. The third-order valence-corrected chi connectivity index (χ3v) is 6.37. The average Bonchev–Trinajstić information content (AvgIpc) is 2.81. The zero-order valence-electron chi connectivity index (χ0n) is 17.2. The number of aromatic nitrogens is 4. The predicted molar refractivity (Wildman–Crippen MR) is 119 cm³/mol. The molecule has 7 nitrogen and oxygen atoms in total. The summed E-state index contributed by atoms with van der Waals surface area (Å²) in [6.07, 6.45) is 8.11. The Morgan fingerprint density at radius 2 is 1.97 bits per heavy atom. The summed E-state index contributed by atoms with van der Waals surface area (Å²) in [5.74, 6) is 1.70. The van der Waals surface area contributed by atoms with Crippen LogP contribution in [-0.4, -0.2) is 49.4 Å². The summed E-state index contributed by atoms with van der Waals surface area (Å²) in [6, 6.07) is 9.43. The number of hydrogen-bond acceptors (Lipinski definition) is 6. The van der Waals surface area contributed by atoms with E-state index in [0.29, 0.717) is 28.0 Å². The Kier molecular flexibility index (Phi) is 5.28. The van der Waals surface area contributed by atoms with Crippen molar-refractivity contribution in [2.45, 2.75) is 38.3 Å². The maximum atomic E-state index is 13.7.